The SMILES string of the molecule is CO[Si](C)(CO)CCCCl. The molecule has 0 aliphatic heterocycles. The lowest BCUT2D eigenvalue weighted by Crippen LogP contribution is -2.38. The van der Waals surface area contributed by atoms with Crippen LogP contribution in [0.1, 0.15) is 6.42 Å². The Morgan fingerprint density at radius 2 is 2.20 bits per heavy atom. The topological polar surface area (TPSA) is 29.5 Å². The van der Waals surface area contributed by atoms with Gasteiger partial charge in [0.25, 0.3) is 0 Å². The summed E-state index contributed by atoms with van der Waals surface area (Å²) in [6.45, 7) is 2.01. The third-order valence-corrected chi connectivity index (χ3v) is 5.00. The van der Waals surface area contributed by atoms with E-state index in [1.165, 1.54) is 0 Å². The number of aliphatic hydroxyl groups excluding tert-OH is 1. The number of rotatable bonds is 5. The predicted octanol–water partition coefficient (Wildman–Crippen LogP) is 1.37. The summed E-state index contributed by atoms with van der Waals surface area (Å²) in [6, 6.07) is 0.948. The molecule has 0 rings (SSSR count). The fourth-order valence-corrected chi connectivity index (χ4v) is 2.46. The molecular weight excluding hydrogens is 168 g/mol. The average molecular weight is 183 g/mol. The van der Waals surface area contributed by atoms with Gasteiger partial charge < -0.3 is 9.53 Å². The zero-order valence-electron chi connectivity index (χ0n) is 6.56. The summed E-state index contributed by atoms with van der Waals surface area (Å²) in [5.74, 6) is 0.659. The normalized spacial score (nSPS) is 16.8. The minimum absolute atomic E-state index is 0.195. The maximum absolute atomic E-state index is 8.91. The van der Waals surface area contributed by atoms with Gasteiger partial charge in [0.05, 0.1) is 6.23 Å². The zero-order chi connectivity index (χ0) is 8.04. The molecule has 0 aromatic rings. The average Bonchev–Trinajstić information content (AvgIpc) is 2.00. The molecule has 4 heteroatoms. The van der Waals surface area contributed by atoms with Crippen LogP contribution in [0.15, 0.2) is 0 Å². The van der Waals surface area contributed by atoms with E-state index < -0.39 is 8.32 Å². The van der Waals surface area contributed by atoms with Crippen molar-refractivity contribution in [2.24, 2.45) is 0 Å². The van der Waals surface area contributed by atoms with E-state index in [0.717, 1.165) is 12.5 Å². The highest BCUT2D eigenvalue weighted by atomic mass is 35.5. The van der Waals surface area contributed by atoms with Gasteiger partial charge in [0.2, 0.25) is 8.32 Å². The van der Waals surface area contributed by atoms with Gasteiger partial charge >= 0.3 is 0 Å². The van der Waals surface area contributed by atoms with Crippen LogP contribution in [-0.4, -0.2) is 32.6 Å². The molecule has 62 valence electrons. The molecule has 1 N–H and O–H groups in total. The van der Waals surface area contributed by atoms with Crippen molar-refractivity contribution >= 4 is 19.9 Å². The summed E-state index contributed by atoms with van der Waals surface area (Å²) < 4.78 is 5.22. The maximum Gasteiger partial charge on any atom is 0.214 e. The second-order valence-electron chi connectivity index (χ2n) is 2.60. The second-order valence-corrected chi connectivity index (χ2v) is 7.11. The van der Waals surface area contributed by atoms with E-state index in [2.05, 4.69) is 0 Å². The minimum Gasteiger partial charge on any atom is -0.418 e. The monoisotopic (exact) mass is 182 g/mol. The maximum atomic E-state index is 8.91. The van der Waals surface area contributed by atoms with E-state index in [1.54, 1.807) is 7.11 Å². The van der Waals surface area contributed by atoms with Crippen molar-refractivity contribution in [1.82, 2.24) is 0 Å². The molecule has 0 radical (unpaired) electrons. The zero-order valence-corrected chi connectivity index (χ0v) is 8.32. The molecule has 0 aliphatic carbocycles. The van der Waals surface area contributed by atoms with E-state index in [-0.39, 0.29) is 6.23 Å². The number of alkyl halides is 1. The number of hydrogen-bond acceptors (Lipinski definition) is 2. The molecular formula is C6H15ClO2Si. The van der Waals surface area contributed by atoms with Gasteiger partial charge in [-0.3, -0.25) is 0 Å². The van der Waals surface area contributed by atoms with Gasteiger partial charge in [-0.2, -0.15) is 0 Å². The Kier molecular flexibility index (Phi) is 5.35. The first-order valence-corrected chi connectivity index (χ1v) is 6.76. The van der Waals surface area contributed by atoms with Crippen LogP contribution < -0.4 is 0 Å². The van der Waals surface area contributed by atoms with Crippen LogP contribution in [0.25, 0.3) is 0 Å². The summed E-state index contributed by atoms with van der Waals surface area (Å²) in [5, 5.41) is 8.91. The van der Waals surface area contributed by atoms with Crippen LogP contribution in [0.3, 0.4) is 0 Å². The van der Waals surface area contributed by atoms with Gasteiger partial charge in [-0.05, 0) is 19.0 Å². The van der Waals surface area contributed by atoms with Crippen molar-refractivity contribution in [3.05, 3.63) is 0 Å². The Bertz CT molecular complexity index is 85.8. The van der Waals surface area contributed by atoms with Gasteiger partial charge in [-0.25, -0.2) is 0 Å². The largest absolute Gasteiger partial charge is 0.418 e. The summed E-state index contributed by atoms with van der Waals surface area (Å²) in [5.41, 5.74) is 0. The fourth-order valence-electron chi connectivity index (χ4n) is 0.686. The summed E-state index contributed by atoms with van der Waals surface area (Å²) in [4.78, 5) is 0. The molecule has 0 amide bonds. The highest BCUT2D eigenvalue weighted by Gasteiger charge is 2.25. The first kappa shape index (κ1) is 10.4. The van der Waals surface area contributed by atoms with E-state index in [0.29, 0.717) is 5.88 Å². The first-order chi connectivity index (χ1) is 4.68. The Balaban J connectivity index is 3.58. The highest BCUT2D eigenvalue weighted by molar-refractivity contribution is 6.72. The molecule has 0 bridgehead atoms. The predicted molar refractivity (Wildman–Crippen MR) is 45.9 cm³/mol. The fraction of sp³-hybridized carbons (Fsp3) is 1.00. The standard InChI is InChI=1S/C6H15ClO2Si/c1-9-10(2,6-8)5-3-4-7/h8H,3-6H2,1-2H3. The highest BCUT2D eigenvalue weighted by Crippen LogP contribution is 2.12. The molecule has 0 saturated carbocycles. The van der Waals surface area contributed by atoms with Crippen LogP contribution in [0.4, 0.5) is 0 Å². The lowest BCUT2D eigenvalue weighted by molar-refractivity contribution is 0.300. The Labute approximate surface area is 68.3 Å². The van der Waals surface area contributed by atoms with Gasteiger partial charge in [0.15, 0.2) is 0 Å². The Morgan fingerprint density at radius 3 is 2.50 bits per heavy atom. The Morgan fingerprint density at radius 1 is 1.60 bits per heavy atom. The van der Waals surface area contributed by atoms with Crippen molar-refractivity contribution in [2.45, 2.75) is 19.0 Å². The van der Waals surface area contributed by atoms with Crippen molar-refractivity contribution in [3.8, 4) is 0 Å². The molecule has 2 nitrogen and oxygen atoms in total. The molecule has 1 atom stereocenters. The number of aliphatic hydroxyl groups is 1. The van der Waals surface area contributed by atoms with Crippen LogP contribution in [0, 0.1) is 0 Å². The van der Waals surface area contributed by atoms with Crippen LogP contribution in [0.2, 0.25) is 12.6 Å². The summed E-state index contributed by atoms with van der Waals surface area (Å²) in [7, 11) is -0.0838. The molecule has 10 heavy (non-hydrogen) atoms. The van der Waals surface area contributed by atoms with Crippen molar-refractivity contribution in [2.75, 3.05) is 19.2 Å². The molecule has 1 unspecified atom stereocenters. The third kappa shape index (κ3) is 3.56. The summed E-state index contributed by atoms with van der Waals surface area (Å²) in [6.07, 6.45) is 1.14. The molecule has 0 fully saturated rings. The second kappa shape index (κ2) is 5.13. The van der Waals surface area contributed by atoms with Crippen LogP contribution in [-0.2, 0) is 4.43 Å². The first-order valence-electron chi connectivity index (χ1n) is 3.40. The lowest BCUT2D eigenvalue weighted by atomic mass is 10.6. The molecule has 0 aliphatic rings. The molecule has 0 saturated heterocycles. The molecule has 0 aromatic carbocycles. The van der Waals surface area contributed by atoms with Crippen molar-refractivity contribution < 1.29 is 9.53 Å². The van der Waals surface area contributed by atoms with E-state index >= 15 is 0 Å². The van der Waals surface area contributed by atoms with E-state index in [1.807, 2.05) is 6.55 Å². The molecule has 0 heterocycles. The number of halogens is 1. The van der Waals surface area contributed by atoms with E-state index in [9.17, 15) is 0 Å². The van der Waals surface area contributed by atoms with Gasteiger partial charge in [-0.1, -0.05) is 0 Å². The lowest BCUT2D eigenvalue weighted by Gasteiger charge is -2.21. The minimum atomic E-state index is -1.75. The smallest absolute Gasteiger partial charge is 0.214 e. The summed E-state index contributed by atoms with van der Waals surface area (Å²) >= 11 is 5.51. The van der Waals surface area contributed by atoms with Gasteiger partial charge in [0.1, 0.15) is 0 Å². The molecule has 0 aromatic heterocycles. The van der Waals surface area contributed by atoms with Gasteiger partial charge in [-0.15, -0.1) is 11.6 Å². The van der Waals surface area contributed by atoms with E-state index in [4.69, 9.17) is 21.1 Å². The Hall–Kier alpha value is 0.427. The van der Waals surface area contributed by atoms with Crippen LogP contribution in [0.5, 0.6) is 0 Å². The van der Waals surface area contributed by atoms with Crippen molar-refractivity contribution in [3.63, 3.8) is 0 Å². The number of hydrogen-bond donors (Lipinski definition) is 1. The quantitative estimate of drug-likeness (QED) is 0.514. The van der Waals surface area contributed by atoms with Crippen LogP contribution >= 0.6 is 11.6 Å². The van der Waals surface area contributed by atoms with Crippen molar-refractivity contribution in [1.29, 1.82) is 0 Å². The third-order valence-electron chi connectivity index (χ3n) is 1.67. The molecule has 0 spiro atoms. The van der Waals surface area contributed by atoms with Gasteiger partial charge in [0, 0.05) is 13.0 Å².